The van der Waals surface area contributed by atoms with Crippen LogP contribution in [0.1, 0.15) is 0 Å². The third-order valence-electron chi connectivity index (χ3n) is 2.60. The lowest BCUT2D eigenvalue weighted by molar-refractivity contribution is -0.449. The Morgan fingerprint density at radius 3 is 0.960 bits per heavy atom. The molecule has 0 bridgehead atoms. The van der Waals surface area contributed by atoms with Crippen molar-refractivity contribution in [1.29, 1.82) is 0 Å². The van der Waals surface area contributed by atoms with Crippen LogP contribution in [0.5, 0.6) is 0 Å². The third-order valence-corrected chi connectivity index (χ3v) is 2.88. The quantitative estimate of drug-likeness (QED) is 0.473. The summed E-state index contributed by atoms with van der Waals surface area (Å²) in [7, 11) is 0. The van der Waals surface area contributed by atoms with Crippen molar-refractivity contribution in [1.82, 2.24) is 0 Å². The number of hydrogen-bond donors (Lipinski definition) is 1. The van der Waals surface area contributed by atoms with Gasteiger partial charge in [0.1, 0.15) is 0 Å². The van der Waals surface area contributed by atoms with E-state index >= 15 is 0 Å². The standard InChI is InChI=1S/C8HF15OS/c9-2(10,1(24)25)3(11,12)4(13,14)5(15,16)6(17,18)7(19,20)8(21,22)23/h(H,24,25). The predicted octanol–water partition coefficient (Wildman–Crippen LogP) is 4.82. The van der Waals surface area contributed by atoms with Gasteiger partial charge in [0.05, 0.1) is 0 Å². The summed E-state index contributed by atoms with van der Waals surface area (Å²) in [6.07, 6.45) is -7.66. The molecule has 0 rings (SSSR count). The van der Waals surface area contributed by atoms with Crippen LogP contribution in [0, 0.1) is 0 Å². The monoisotopic (exact) mass is 430 g/mol. The van der Waals surface area contributed by atoms with Gasteiger partial charge < -0.3 is 0 Å². The first kappa shape index (κ1) is 24.0. The summed E-state index contributed by atoms with van der Waals surface area (Å²) in [6, 6.07) is 0. The van der Waals surface area contributed by atoms with E-state index in [0.29, 0.717) is 0 Å². The van der Waals surface area contributed by atoms with Gasteiger partial charge in [-0.05, 0) is 0 Å². The fourth-order valence-corrected chi connectivity index (χ4v) is 1.24. The van der Waals surface area contributed by atoms with E-state index in [-0.39, 0.29) is 0 Å². The van der Waals surface area contributed by atoms with Crippen LogP contribution in [0.15, 0.2) is 0 Å². The summed E-state index contributed by atoms with van der Waals surface area (Å²) in [6.45, 7) is 0. The fourth-order valence-electron chi connectivity index (χ4n) is 1.10. The lowest BCUT2D eigenvalue weighted by atomic mass is 9.91. The number of alkyl halides is 15. The minimum atomic E-state index is -8.39. The maximum Gasteiger partial charge on any atom is 0.460 e. The Hall–Kier alpha value is -1.03. The summed E-state index contributed by atoms with van der Waals surface area (Å²) in [5, 5.41) is -3.58. The molecule has 0 N–H and O–H groups in total. The molecule has 17 heteroatoms. The molecule has 0 radical (unpaired) electrons. The second kappa shape index (κ2) is 5.73. The van der Waals surface area contributed by atoms with E-state index < -0.39 is 46.8 Å². The molecule has 0 aliphatic heterocycles. The smallest absolute Gasteiger partial charge is 0.280 e. The summed E-state index contributed by atoms with van der Waals surface area (Å²) in [4.78, 5) is 10.0. The molecule has 0 amide bonds. The van der Waals surface area contributed by atoms with Gasteiger partial charge in [-0.2, -0.15) is 65.9 Å². The molecule has 0 spiro atoms. The topological polar surface area (TPSA) is 17.1 Å². The van der Waals surface area contributed by atoms with Crippen molar-refractivity contribution in [3.05, 3.63) is 0 Å². The first-order valence-corrected chi connectivity index (χ1v) is 5.46. The van der Waals surface area contributed by atoms with E-state index in [1.54, 1.807) is 0 Å². The van der Waals surface area contributed by atoms with Crippen LogP contribution in [0.4, 0.5) is 65.9 Å². The first-order chi connectivity index (χ1) is 10.4. The molecular formula is C8HF15OS. The molecule has 0 heterocycles. The van der Waals surface area contributed by atoms with E-state index in [1.165, 1.54) is 0 Å². The number of rotatable bonds is 6. The van der Waals surface area contributed by atoms with E-state index in [1.807, 2.05) is 12.6 Å². The van der Waals surface area contributed by atoms with Gasteiger partial charge in [0.25, 0.3) is 5.12 Å². The van der Waals surface area contributed by atoms with Crippen LogP contribution in [0.2, 0.25) is 0 Å². The lowest BCUT2D eigenvalue weighted by Gasteiger charge is -2.40. The molecule has 0 aromatic heterocycles. The Morgan fingerprint density at radius 2 is 0.720 bits per heavy atom. The number of halogens is 15. The molecule has 0 saturated carbocycles. The van der Waals surface area contributed by atoms with E-state index in [2.05, 4.69) is 0 Å². The Kier molecular flexibility index (Phi) is 5.50. The van der Waals surface area contributed by atoms with Crippen LogP contribution < -0.4 is 0 Å². The molecule has 0 saturated heterocycles. The van der Waals surface area contributed by atoms with E-state index in [4.69, 9.17) is 0 Å². The van der Waals surface area contributed by atoms with Crippen LogP contribution in [0.25, 0.3) is 0 Å². The van der Waals surface area contributed by atoms with Crippen LogP contribution >= 0.6 is 12.6 Å². The minimum absolute atomic E-state index is 1.91. The zero-order valence-corrected chi connectivity index (χ0v) is 11.4. The van der Waals surface area contributed by atoms with Gasteiger partial charge in [-0.15, -0.1) is 0 Å². The van der Waals surface area contributed by atoms with Gasteiger partial charge in [0.2, 0.25) is 0 Å². The molecule has 1 nitrogen and oxygen atoms in total. The normalized spacial score (nSPS) is 16.2. The highest BCUT2D eigenvalue weighted by molar-refractivity contribution is 7.96. The van der Waals surface area contributed by atoms with Crippen LogP contribution in [-0.4, -0.2) is 46.8 Å². The first-order valence-electron chi connectivity index (χ1n) is 5.01. The number of carbonyl (C=O) groups excluding carboxylic acids is 1. The SMILES string of the molecule is O=C(S)C(F)(F)C(F)(F)C(F)(F)C(F)(F)C(F)(F)C(F)(F)C(F)(F)F. The Bertz CT molecular complexity index is 532. The Balaban J connectivity index is 6.55. The largest absolute Gasteiger partial charge is 0.460 e. The highest BCUT2D eigenvalue weighted by atomic mass is 32.1. The van der Waals surface area contributed by atoms with Crippen molar-refractivity contribution < 1.29 is 70.7 Å². The predicted molar refractivity (Wildman–Crippen MR) is 49.7 cm³/mol. The maximum atomic E-state index is 12.9. The van der Waals surface area contributed by atoms with Crippen molar-refractivity contribution >= 4 is 17.7 Å². The van der Waals surface area contributed by atoms with E-state index in [9.17, 15) is 70.7 Å². The summed E-state index contributed by atoms with van der Waals surface area (Å²) >= 11 is 1.91. The van der Waals surface area contributed by atoms with Gasteiger partial charge in [-0.1, -0.05) is 12.6 Å². The van der Waals surface area contributed by atoms with Crippen molar-refractivity contribution in [2.75, 3.05) is 0 Å². The Morgan fingerprint density at radius 1 is 0.480 bits per heavy atom. The summed E-state index contributed by atoms with van der Waals surface area (Å²) < 4.78 is 188. The van der Waals surface area contributed by atoms with Crippen molar-refractivity contribution in [3.63, 3.8) is 0 Å². The second-order valence-electron chi connectivity index (χ2n) is 4.25. The van der Waals surface area contributed by atoms with Gasteiger partial charge in [-0.25, -0.2) is 0 Å². The van der Waals surface area contributed by atoms with Crippen molar-refractivity contribution in [2.24, 2.45) is 0 Å². The zero-order valence-electron chi connectivity index (χ0n) is 10.5. The van der Waals surface area contributed by atoms with Gasteiger partial charge in [0, 0.05) is 0 Å². The highest BCUT2D eigenvalue weighted by Crippen LogP contribution is 2.62. The van der Waals surface area contributed by atoms with Gasteiger partial charge >= 0.3 is 41.7 Å². The minimum Gasteiger partial charge on any atom is -0.280 e. The number of thiol groups is 1. The summed E-state index contributed by atoms with van der Waals surface area (Å²) in [5.74, 6) is -47.8. The van der Waals surface area contributed by atoms with Crippen molar-refractivity contribution in [3.8, 4) is 0 Å². The Labute approximate surface area is 131 Å². The van der Waals surface area contributed by atoms with Gasteiger partial charge in [-0.3, -0.25) is 4.79 Å². The molecule has 0 atom stereocenters. The molecular weight excluding hydrogens is 429 g/mol. The molecule has 0 fully saturated rings. The molecule has 0 unspecified atom stereocenters. The molecule has 0 aliphatic rings. The zero-order chi connectivity index (χ0) is 21.1. The fraction of sp³-hybridized carbons (Fsp3) is 0.875. The molecule has 25 heavy (non-hydrogen) atoms. The maximum absolute atomic E-state index is 12.9. The molecule has 0 aromatic carbocycles. The molecule has 0 aliphatic carbocycles. The average Bonchev–Trinajstić information content (AvgIpc) is 2.35. The average molecular weight is 430 g/mol. The summed E-state index contributed by atoms with van der Waals surface area (Å²) in [5.41, 5.74) is 0. The van der Waals surface area contributed by atoms with Crippen LogP contribution in [-0.2, 0) is 4.79 Å². The number of carbonyl (C=O) groups is 1. The van der Waals surface area contributed by atoms with Crippen molar-refractivity contribution in [2.45, 2.75) is 41.7 Å². The third kappa shape index (κ3) is 2.90. The van der Waals surface area contributed by atoms with Crippen LogP contribution in [0.3, 0.4) is 0 Å². The van der Waals surface area contributed by atoms with Gasteiger partial charge in [0.15, 0.2) is 0 Å². The second-order valence-corrected chi connectivity index (χ2v) is 4.66. The molecule has 150 valence electrons. The molecule has 0 aromatic rings. The highest BCUT2D eigenvalue weighted by Gasteiger charge is 2.93. The van der Waals surface area contributed by atoms with E-state index in [0.717, 1.165) is 0 Å². The number of hydrogen-bond acceptors (Lipinski definition) is 1. The lowest BCUT2D eigenvalue weighted by Crippen LogP contribution is -2.73.